The fourth-order valence-electron chi connectivity index (χ4n) is 3.01. The van der Waals surface area contributed by atoms with Crippen LogP contribution in [0.15, 0.2) is 24.3 Å². The summed E-state index contributed by atoms with van der Waals surface area (Å²) in [6.45, 7) is 9.12. The van der Waals surface area contributed by atoms with Crippen LogP contribution in [0.2, 0.25) is 0 Å². The second-order valence-electron chi connectivity index (χ2n) is 7.79. The van der Waals surface area contributed by atoms with Gasteiger partial charge < -0.3 is 14.8 Å². The van der Waals surface area contributed by atoms with E-state index in [1.54, 1.807) is 12.1 Å². The predicted octanol–water partition coefficient (Wildman–Crippen LogP) is 3.21. The molecule has 0 spiro atoms. The van der Waals surface area contributed by atoms with Crippen LogP contribution in [0, 0.1) is 5.92 Å². The van der Waals surface area contributed by atoms with E-state index in [0.29, 0.717) is 18.0 Å². The molecule has 26 heavy (non-hydrogen) atoms. The highest BCUT2D eigenvalue weighted by Crippen LogP contribution is 2.19. The third-order valence-corrected chi connectivity index (χ3v) is 4.42. The van der Waals surface area contributed by atoms with Crippen molar-refractivity contribution in [2.75, 3.05) is 26.7 Å². The fourth-order valence-corrected chi connectivity index (χ4v) is 3.01. The van der Waals surface area contributed by atoms with E-state index in [2.05, 4.69) is 10.2 Å². The number of nitrogens with one attached hydrogen (secondary N) is 1. The number of amides is 1. The number of likely N-dealkylation sites (tertiary alicyclic amines) is 1. The number of rotatable bonds is 5. The molecular weight excluding hydrogens is 332 g/mol. The van der Waals surface area contributed by atoms with Crippen molar-refractivity contribution in [2.45, 2.75) is 45.8 Å². The van der Waals surface area contributed by atoms with Gasteiger partial charge in [-0.05, 0) is 70.3 Å². The van der Waals surface area contributed by atoms with E-state index in [0.717, 1.165) is 32.5 Å². The van der Waals surface area contributed by atoms with Crippen LogP contribution in [0.3, 0.4) is 0 Å². The minimum atomic E-state index is -0.461. The molecule has 1 aromatic rings. The summed E-state index contributed by atoms with van der Waals surface area (Å²) in [5, 5.41) is 2.87. The molecule has 1 amide bonds. The first-order chi connectivity index (χ1) is 12.3. The lowest BCUT2D eigenvalue weighted by Gasteiger charge is -2.32. The molecule has 0 aliphatic carbocycles. The highest BCUT2D eigenvalue weighted by molar-refractivity contribution is 5.89. The second-order valence-corrected chi connectivity index (χ2v) is 7.79. The van der Waals surface area contributed by atoms with Gasteiger partial charge in [-0.2, -0.15) is 0 Å². The fraction of sp³-hybridized carbons (Fsp3) is 0.600. The van der Waals surface area contributed by atoms with Gasteiger partial charge in [0.05, 0.1) is 12.7 Å². The Hall–Kier alpha value is -2.08. The van der Waals surface area contributed by atoms with Crippen LogP contribution in [0.4, 0.5) is 4.79 Å². The Morgan fingerprint density at radius 1 is 1.15 bits per heavy atom. The SMILES string of the molecule is COC(=O)c1ccc(CN2CCC(CNC(=O)OC(C)(C)C)CC2)cc1. The van der Waals surface area contributed by atoms with Crippen LogP contribution < -0.4 is 5.32 Å². The topological polar surface area (TPSA) is 67.9 Å². The van der Waals surface area contributed by atoms with Crippen molar-refractivity contribution in [2.24, 2.45) is 5.92 Å². The first kappa shape index (κ1) is 20.2. The summed E-state index contributed by atoms with van der Waals surface area (Å²) in [6, 6.07) is 7.56. The normalized spacial score (nSPS) is 16.2. The highest BCUT2D eigenvalue weighted by Gasteiger charge is 2.21. The molecule has 1 aromatic carbocycles. The minimum absolute atomic E-state index is 0.310. The van der Waals surface area contributed by atoms with Gasteiger partial charge in [0, 0.05) is 13.1 Å². The number of hydrogen-bond donors (Lipinski definition) is 1. The van der Waals surface area contributed by atoms with Crippen molar-refractivity contribution in [3.63, 3.8) is 0 Å². The smallest absolute Gasteiger partial charge is 0.407 e. The van der Waals surface area contributed by atoms with Gasteiger partial charge in [0.1, 0.15) is 5.60 Å². The average molecular weight is 362 g/mol. The van der Waals surface area contributed by atoms with E-state index in [4.69, 9.17) is 9.47 Å². The number of benzene rings is 1. The summed E-state index contributed by atoms with van der Waals surface area (Å²) in [6.07, 6.45) is 1.76. The molecule has 1 aliphatic heterocycles. The number of alkyl carbamates (subject to hydrolysis) is 1. The number of nitrogens with zero attached hydrogens (tertiary/aromatic N) is 1. The molecule has 0 unspecified atom stereocenters. The van der Waals surface area contributed by atoms with Gasteiger partial charge >= 0.3 is 12.1 Å². The van der Waals surface area contributed by atoms with E-state index in [9.17, 15) is 9.59 Å². The van der Waals surface area contributed by atoms with Crippen LogP contribution >= 0.6 is 0 Å². The van der Waals surface area contributed by atoms with Crippen molar-refractivity contribution < 1.29 is 19.1 Å². The first-order valence-corrected chi connectivity index (χ1v) is 9.13. The third-order valence-electron chi connectivity index (χ3n) is 4.42. The van der Waals surface area contributed by atoms with Gasteiger partial charge in [-0.1, -0.05) is 12.1 Å². The maximum Gasteiger partial charge on any atom is 0.407 e. The molecular formula is C20H30N2O4. The number of hydrogen-bond acceptors (Lipinski definition) is 5. The van der Waals surface area contributed by atoms with Crippen LogP contribution in [-0.4, -0.2) is 49.3 Å². The molecule has 1 fully saturated rings. The molecule has 2 rings (SSSR count). The molecule has 0 bridgehead atoms. The molecule has 144 valence electrons. The Labute approximate surface area is 155 Å². The summed E-state index contributed by atoms with van der Waals surface area (Å²) >= 11 is 0. The van der Waals surface area contributed by atoms with Gasteiger partial charge in [-0.25, -0.2) is 9.59 Å². The van der Waals surface area contributed by atoms with E-state index in [1.807, 2.05) is 32.9 Å². The van der Waals surface area contributed by atoms with Crippen molar-refractivity contribution in [1.82, 2.24) is 10.2 Å². The zero-order chi connectivity index (χ0) is 19.2. The first-order valence-electron chi connectivity index (χ1n) is 9.13. The van der Waals surface area contributed by atoms with Crippen LogP contribution in [0.1, 0.15) is 49.5 Å². The summed E-state index contributed by atoms with van der Waals surface area (Å²) in [4.78, 5) is 25.6. The van der Waals surface area contributed by atoms with E-state index >= 15 is 0 Å². The molecule has 1 aliphatic rings. The van der Waals surface area contributed by atoms with E-state index in [1.165, 1.54) is 12.7 Å². The largest absolute Gasteiger partial charge is 0.465 e. The molecule has 0 atom stereocenters. The molecule has 0 aromatic heterocycles. The summed E-state index contributed by atoms with van der Waals surface area (Å²) < 4.78 is 9.99. The van der Waals surface area contributed by atoms with Crippen molar-refractivity contribution >= 4 is 12.1 Å². The third kappa shape index (κ3) is 6.67. The monoisotopic (exact) mass is 362 g/mol. The Morgan fingerprint density at radius 3 is 2.31 bits per heavy atom. The number of carbonyl (C=O) groups is 2. The van der Waals surface area contributed by atoms with Gasteiger partial charge in [-0.15, -0.1) is 0 Å². The zero-order valence-corrected chi connectivity index (χ0v) is 16.2. The van der Waals surface area contributed by atoms with Crippen molar-refractivity contribution in [3.8, 4) is 0 Å². The van der Waals surface area contributed by atoms with Gasteiger partial charge in [-0.3, -0.25) is 4.90 Å². The average Bonchev–Trinajstić information content (AvgIpc) is 2.59. The zero-order valence-electron chi connectivity index (χ0n) is 16.2. The summed E-state index contributed by atoms with van der Waals surface area (Å²) in [5.41, 5.74) is 1.29. The quantitative estimate of drug-likeness (QED) is 0.815. The molecule has 6 nitrogen and oxygen atoms in total. The Kier molecular flexibility index (Phi) is 7.03. The van der Waals surface area contributed by atoms with Crippen LogP contribution in [0.25, 0.3) is 0 Å². The highest BCUT2D eigenvalue weighted by atomic mass is 16.6. The van der Waals surface area contributed by atoms with E-state index in [-0.39, 0.29) is 12.1 Å². The van der Waals surface area contributed by atoms with Crippen molar-refractivity contribution in [1.29, 1.82) is 0 Å². The lowest BCUT2D eigenvalue weighted by atomic mass is 9.96. The second kappa shape index (κ2) is 9.03. The molecule has 1 N–H and O–H groups in total. The van der Waals surface area contributed by atoms with Crippen molar-refractivity contribution in [3.05, 3.63) is 35.4 Å². The number of piperidine rings is 1. The van der Waals surface area contributed by atoms with Gasteiger partial charge in [0.25, 0.3) is 0 Å². The Balaban J connectivity index is 1.71. The van der Waals surface area contributed by atoms with Crippen LogP contribution in [0.5, 0.6) is 0 Å². The molecule has 0 radical (unpaired) electrons. The number of ether oxygens (including phenoxy) is 2. The summed E-state index contributed by atoms with van der Waals surface area (Å²) in [7, 11) is 1.39. The molecule has 6 heteroatoms. The maximum atomic E-state index is 11.7. The van der Waals surface area contributed by atoms with Gasteiger partial charge in [0.2, 0.25) is 0 Å². The molecule has 0 saturated carbocycles. The standard InChI is InChI=1S/C20H30N2O4/c1-20(2,3)26-19(24)21-13-15-9-11-22(12-10-15)14-16-5-7-17(8-6-16)18(23)25-4/h5-8,15H,9-14H2,1-4H3,(H,21,24). The lowest BCUT2D eigenvalue weighted by Crippen LogP contribution is -2.40. The molecule has 1 saturated heterocycles. The Morgan fingerprint density at radius 2 is 1.77 bits per heavy atom. The van der Waals surface area contributed by atoms with Gasteiger partial charge in [0.15, 0.2) is 0 Å². The predicted molar refractivity (Wildman–Crippen MR) is 100 cm³/mol. The number of carbonyl (C=O) groups excluding carboxylic acids is 2. The number of esters is 1. The number of methoxy groups -OCH3 is 1. The van der Waals surface area contributed by atoms with E-state index < -0.39 is 5.60 Å². The maximum absolute atomic E-state index is 11.7. The minimum Gasteiger partial charge on any atom is -0.465 e. The summed E-state index contributed by atoms with van der Waals surface area (Å²) in [5.74, 6) is 0.176. The van der Waals surface area contributed by atoms with Crippen LogP contribution in [-0.2, 0) is 16.0 Å². The Bertz CT molecular complexity index is 599. The lowest BCUT2D eigenvalue weighted by molar-refractivity contribution is 0.0508. The molecule has 1 heterocycles.